The van der Waals surface area contributed by atoms with Gasteiger partial charge in [-0.2, -0.15) is 15.2 Å². The summed E-state index contributed by atoms with van der Waals surface area (Å²) in [6.07, 6.45) is 3.23. The van der Waals surface area contributed by atoms with Crippen LogP contribution in [0.4, 0.5) is 17.5 Å². The number of hydrogen-bond donors (Lipinski definition) is 4. The summed E-state index contributed by atoms with van der Waals surface area (Å²) in [5.74, 6) is 0.989. The van der Waals surface area contributed by atoms with Crippen LogP contribution in [-0.2, 0) is 14.6 Å². The molecule has 0 radical (unpaired) electrons. The summed E-state index contributed by atoms with van der Waals surface area (Å²) in [4.78, 5) is 12.0. The monoisotopic (exact) mass is 469 g/mol. The Bertz CT molecular complexity index is 1320. The van der Waals surface area contributed by atoms with Gasteiger partial charge in [0.1, 0.15) is 23.3 Å². The molecule has 1 aliphatic rings. The van der Waals surface area contributed by atoms with Crippen molar-refractivity contribution in [2.75, 3.05) is 44.0 Å². The molecule has 172 valence electrons. The second kappa shape index (κ2) is 9.45. The summed E-state index contributed by atoms with van der Waals surface area (Å²) in [5.41, 5.74) is 0.395. The third kappa shape index (κ3) is 4.47. The Morgan fingerprint density at radius 1 is 1.42 bits per heavy atom. The van der Waals surface area contributed by atoms with Gasteiger partial charge in [-0.05, 0) is 12.1 Å². The van der Waals surface area contributed by atoms with E-state index < -0.39 is 15.3 Å². The first kappa shape index (κ1) is 22.5. The molecule has 33 heavy (non-hydrogen) atoms. The summed E-state index contributed by atoms with van der Waals surface area (Å²) in [5, 5.41) is 19.1. The van der Waals surface area contributed by atoms with Gasteiger partial charge in [0.05, 0.1) is 35.2 Å². The number of methoxy groups -OCH3 is 1. The molecule has 12 heteroatoms. The van der Waals surface area contributed by atoms with Gasteiger partial charge in [-0.1, -0.05) is 6.08 Å². The van der Waals surface area contributed by atoms with E-state index in [-0.39, 0.29) is 17.4 Å². The van der Waals surface area contributed by atoms with Crippen LogP contribution in [0.2, 0.25) is 0 Å². The van der Waals surface area contributed by atoms with Crippen LogP contribution in [0.5, 0.6) is 5.75 Å². The van der Waals surface area contributed by atoms with Gasteiger partial charge in [0.15, 0.2) is 5.44 Å². The molecule has 4 rings (SSSR count). The van der Waals surface area contributed by atoms with Crippen molar-refractivity contribution in [2.24, 2.45) is 0 Å². The molecule has 0 saturated carbocycles. The molecular weight excluding hydrogens is 446 g/mol. The number of fused-ring (bicyclic) bond motifs is 1. The van der Waals surface area contributed by atoms with Crippen LogP contribution in [0.3, 0.4) is 0 Å². The van der Waals surface area contributed by atoms with Gasteiger partial charge in [0.2, 0.25) is 15.8 Å². The van der Waals surface area contributed by atoms with Crippen molar-refractivity contribution in [3.05, 3.63) is 42.6 Å². The van der Waals surface area contributed by atoms with Crippen molar-refractivity contribution in [3.63, 3.8) is 0 Å². The summed E-state index contributed by atoms with van der Waals surface area (Å²) < 4.78 is 36.7. The lowest BCUT2D eigenvalue weighted by Gasteiger charge is -2.24. The Morgan fingerprint density at radius 3 is 2.97 bits per heavy atom. The minimum Gasteiger partial charge on any atom is -0.495 e. The van der Waals surface area contributed by atoms with Crippen molar-refractivity contribution >= 4 is 38.3 Å². The highest BCUT2D eigenvalue weighted by molar-refractivity contribution is 7.92. The van der Waals surface area contributed by atoms with Crippen LogP contribution in [0.25, 0.3) is 11.0 Å². The number of benzene rings is 1. The largest absolute Gasteiger partial charge is 0.495 e. The van der Waals surface area contributed by atoms with Gasteiger partial charge in [-0.3, -0.25) is 0 Å². The van der Waals surface area contributed by atoms with E-state index >= 15 is 0 Å². The molecule has 0 aliphatic carbocycles. The Labute approximate surface area is 190 Å². The van der Waals surface area contributed by atoms with Crippen molar-refractivity contribution in [3.8, 4) is 11.8 Å². The highest BCUT2D eigenvalue weighted by Crippen LogP contribution is 2.32. The van der Waals surface area contributed by atoms with Crippen LogP contribution in [-0.4, -0.2) is 62.2 Å². The molecular formula is C21H23N7O4S. The maximum Gasteiger partial charge on any atom is 0.231 e. The number of hydrogen-bond acceptors (Lipinski definition) is 10. The molecule has 1 unspecified atom stereocenters. The van der Waals surface area contributed by atoms with E-state index in [2.05, 4.69) is 43.6 Å². The third-order valence-electron chi connectivity index (χ3n) is 5.05. The zero-order valence-corrected chi connectivity index (χ0v) is 18.7. The maximum atomic E-state index is 12.9. The molecule has 3 heterocycles. The Balaban J connectivity index is 1.67. The second-order valence-electron chi connectivity index (χ2n) is 7.14. The van der Waals surface area contributed by atoms with Gasteiger partial charge >= 0.3 is 0 Å². The number of rotatable bonds is 8. The number of nitriles is 1. The Morgan fingerprint density at radius 2 is 2.27 bits per heavy atom. The molecule has 1 fully saturated rings. The number of anilines is 3. The third-order valence-corrected chi connectivity index (χ3v) is 6.96. The summed E-state index contributed by atoms with van der Waals surface area (Å²) in [7, 11) is -2.26. The molecule has 0 amide bonds. The first-order valence-corrected chi connectivity index (χ1v) is 11.7. The van der Waals surface area contributed by atoms with Gasteiger partial charge in [0.25, 0.3) is 0 Å². The molecule has 2 aromatic heterocycles. The number of aromatic nitrogens is 3. The summed E-state index contributed by atoms with van der Waals surface area (Å²) in [6.45, 7) is 5.29. The lowest BCUT2D eigenvalue weighted by molar-refractivity contribution is 0.0785. The number of nitrogens with zero attached hydrogens (tertiary/aromatic N) is 3. The Hall–Kier alpha value is -3.66. The second-order valence-corrected chi connectivity index (χ2v) is 9.23. The fraction of sp³-hybridized carbons (Fsp3) is 0.286. The smallest absolute Gasteiger partial charge is 0.231 e. The van der Waals surface area contributed by atoms with E-state index in [1.54, 1.807) is 18.3 Å². The Kier molecular flexibility index (Phi) is 6.45. The van der Waals surface area contributed by atoms with Crippen LogP contribution in [0.1, 0.15) is 5.56 Å². The van der Waals surface area contributed by atoms with Gasteiger partial charge in [0, 0.05) is 31.9 Å². The van der Waals surface area contributed by atoms with E-state index in [0.717, 1.165) is 0 Å². The van der Waals surface area contributed by atoms with Crippen molar-refractivity contribution < 1.29 is 17.9 Å². The standard InChI is InChI=1S/C21H23N7O4S/c1-3-6-24-19-18-13(10-22)11-25-20(18)28-21(27-19)26-15-5-4-14(9-16(15)31-2)33(29,30)17-12-23-7-8-32-17/h3-5,9,11,17,23H,1,6-8,12H2,2H3,(H3,24,25,26,27,28). The molecule has 0 spiro atoms. The van der Waals surface area contributed by atoms with Gasteiger partial charge in [-0.25, -0.2) is 8.42 Å². The van der Waals surface area contributed by atoms with E-state index in [4.69, 9.17) is 9.47 Å². The van der Waals surface area contributed by atoms with Crippen molar-refractivity contribution in [2.45, 2.75) is 10.3 Å². The SMILES string of the molecule is C=CCNc1nc(Nc2ccc(S(=O)(=O)C3CNCCO3)cc2OC)nc2[nH]cc(C#N)c12. The van der Waals surface area contributed by atoms with Crippen LogP contribution in [0.15, 0.2) is 41.9 Å². The van der Waals surface area contributed by atoms with Crippen LogP contribution < -0.4 is 20.7 Å². The van der Waals surface area contributed by atoms with E-state index in [9.17, 15) is 13.7 Å². The fourth-order valence-electron chi connectivity index (χ4n) is 3.44. The van der Waals surface area contributed by atoms with E-state index in [1.807, 2.05) is 0 Å². The molecule has 4 N–H and O–H groups in total. The topological polar surface area (TPSA) is 154 Å². The van der Waals surface area contributed by atoms with E-state index in [0.29, 0.717) is 53.5 Å². The highest BCUT2D eigenvalue weighted by atomic mass is 32.2. The molecule has 3 aromatic rings. The molecule has 1 saturated heterocycles. The molecule has 1 atom stereocenters. The predicted molar refractivity (Wildman–Crippen MR) is 123 cm³/mol. The number of sulfone groups is 1. The average molecular weight is 470 g/mol. The molecule has 11 nitrogen and oxygen atoms in total. The van der Waals surface area contributed by atoms with Gasteiger partial charge < -0.3 is 30.4 Å². The summed E-state index contributed by atoms with van der Waals surface area (Å²) >= 11 is 0. The minimum atomic E-state index is -3.71. The molecule has 1 aliphatic heterocycles. The highest BCUT2D eigenvalue weighted by Gasteiger charge is 2.30. The normalized spacial score (nSPS) is 16.2. The van der Waals surface area contributed by atoms with Crippen LogP contribution in [0, 0.1) is 11.3 Å². The first-order chi connectivity index (χ1) is 16.0. The predicted octanol–water partition coefficient (Wildman–Crippen LogP) is 1.90. The van der Waals surface area contributed by atoms with Crippen LogP contribution >= 0.6 is 0 Å². The van der Waals surface area contributed by atoms with Gasteiger partial charge in [-0.15, -0.1) is 6.58 Å². The first-order valence-electron chi connectivity index (χ1n) is 10.1. The maximum absolute atomic E-state index is 12.9. The lowest BCUT2D eigenvalue weighted by atomic mass is 10.2. The van der Waals surface area contributed by atoms with E-state index in [1.165, 1.54) is 19.2 Å². The minimum absolute atomic E-state index is 0.0892. The lowest BCUT2D eigenvalue weighted by Crippen LogP contribution is -2.43. The fourth-order valence-corrected chi connectivity index (χ4v) is 4.88. The number of ether oxygens (including phenoxy) is 2. The zero-order chi connectivity index (χ0) is 23.4. The number of morpholine rings is 1. The average Bonchev–Trinajstić information content (AvgIpc) is 3.26. The molecule has 1 aromatic carbocycles. The number of H-pyrrole nitrogens is 1. The zero-order valence-electron chi connectivity index (χ0n) is 17.9. The molecule has 0 bridgehead atoms. The number of aromatic amines is 1. The van der Waals surface area contributed by atoms with Crippen molar-refractivity contribution in [1.29, 1.82) is 5.26 Å². The number of nitrogens with one attached hydrogen (secondary N) is 4. The quantitative estimate of drug-likeness (QED) is 0.360. The van der Waals surface area contributed by atoms with Crippen molar-refractivity contribution in [1.82, 2.24) is 20.3 Å². The summed E-state index contributed by atoms with van der Waals surface area (Å²) in [6, 6.07) is 6.62.